The lowest BCUT2D eigenvalue weighted by Crippen LogP contribution is -2.57. The molecule has 0 spiro atoms. The van der Waals surface area contributed by atoms with Crippen molar-refractivity contribution < 1.29 is 13.3 Å². The number of rotatable bonds is 7. The molecule has 0 aromatic heterocycles. The van der Waals surface area contributed by atoms with Gasteiger partial charge in [0.15, 0.2) is 0 Å². The maximum Gasteiger partial charge on any atom is 0.299 e. The van der Waals surface area contributed by atoms with Gasteiger partial charge in [0.2, 0.25) is 10.0 Å². The fourth-order valence-electron chi connectivity index (χ4n) is 2.96. The second-order valence-corrected chi connectivity index (χ2v) is 8.54. The van der Waals surface area contributed by atoms with E-state index in [2.05, 4.69) is 0 Å². The molecule has 4 N–H and O–H groups in total. The molecule has 3 atom stereocenters. The number of benzene rings is 1. The van der Waals surface area contributed by atoms with Crippen molar-refractivity contribution in [2.75, 3.05) is 5.75 Å². The van der Waals surface area contributed by atoms with Crippen LogP contribution in [-0.4, -0.2) is 24.8 Å². The van der Waals surface area contributed by atoms with Crippen LogP contribution in [-0.2, 0) is 10.0 Å². The summed E-state index contributed by atoms with van der Waals surface area (Å²) in [6.45, 7) is 1.86. The molecule has 0 aliphatic heterocycles. The van der Waals surface area contributed by atoms with Gasteiger partial charge in [-0.3, -0.25) is 15.8 Å². The third kappa shape index (κ3) is 4.30. The minimum atomic E-state index is -4.10. The van der Waals surface area contributed by atoms with Crippen LogP contribution in [0.2, 0.25) is 0 Å². The highest BCUT2D eigenvalue weighted by Crippen LogP contribution is 2.40. The monoisotopic (exact) mass is 383 g/mol. The molecule has 1 aromatic carbocycles. The molecule has 2 rings (SSSR count). The SMILES string of the molecule is CCC(CSc1ccccc1)C1C(S(N)(=O)=O)=CC=CC1(N)[N+](=O)[O-]. The van der Waals surface area contributed by atoms with E-state index in [4.69, 9.17) is 10.9 Å². The van der Waals surface area contributed by atoms with Crippen LogP contribution in [0.3, 0.4) is 0 Å². The third-order valence-corrected chi connectivity index (χ3v) is 6.52. The van der Waals surface area contributed by atoms with Crippen molar-refractivity contribution >= 4 is 21.8 Å². The highest BCUT2D eigenvalue weighted by molar-refractivity contribution is 7.99. The van der Waals surface area contributed by atoms with Gasteiger partial charge in [0, 0.05) is 21.6 Å². The summed E-state index contributed by atoms with van der Waals surface area (Å²) in [5.74, 6) is -0.877. The molecule has 3 unspecified atom stereocenters. The highest BCUT2D eigenvalue weighted by Gasteiger charge is 2.53. The van der Waals surface area contributed by atoms with Crippen molar-refractivity contribution in [3.05, 3.63) is 63.6 Å². The zero-order valence-electron chi connectivity index (χ0n) is 13.7. The summed E-state index contributed by atoms with van der Waals surface area (Å²) in [5, 5.41) is 16.9. The summed E-state index contributed by atoms with van der Waals surface area (Å²) in [7, 11) is -4.10. The lowest BCUT2D eigenvalue weighted by molar-refractivity contribution is -0.564. The van der Waals surface area contributed by atoms with Crippen molar-refractivity contribution in [1.82, 2.24) is 0 Å². The summed E-state index contributed by atoms with van der Waals surface area (Å²) < 4.78 is 24.0. The Balaban J connectivity index is 2.38. The topological polar surface area (TPSA) is 129 Å². The lowest BCUT2D eigenvalue weighted by Gasteiger charge is -2.35. The van der Waals surface area contributed by atoms with Gasteiger partial charge < -0.3 is 0 Å². The number of hydrogen-bond acceptors (Lipinski definition) is 6. The number of primary sulfonamides is 1. The van der Waals surface area contributed by atoms with Crippen molar-refractivity contribution in [1.29, 1.82) is 0 Å². The Morgan fingerprint density at radius 3 is 2.52 bits per heavy atom. The molecule has 0 radical (unpaired) electrons. The minimum Gasteiger partial charge on any atom is -0.262 e. The zero-order valence-corrected chi connectivity index (χ0v) is 15.4. The summed E-state index contributed by atoms with van der Waals surface area (Å²) >= 11 is 1.51. The van der Waals surface area contributed by atoms with Gasteiger partial charge in [0.25, 0.3) is 5.66 Å². The van der Waals surface area contributed by atoms with E-state index in [0.717, 1.165) is 4.90 Å². The van der Waals surface area contributed by atoms with Gasteiger partial charge in [-0.05, 0) is 24.1 Å². The quantitative estimate of drug-likeness (QED) is 0.321. The highest BCUT2D eigenvalue weighted by atomic mass is 32.2. The van der Waals surface area contributed by atoms with Crippen LogP contribution in [0.25, 0.3) is 0 Å². The number of allylic oxidation sites excluding steroid dienone is 2. The number of nitrogens with two attached hydrogens (primary N) is 2. The molecule has 136 valence electrons. The largest absolute Gasteiger partial charge is 0.299 e. The fraction of sp³-hybridized carbons (Fsp3) is 0.375. The van der Waals surface area contributed by atoms with Crippen LogP contribution in [0.15, 0.2) is 58.4 Å². The molecule has 0 bridgehead atoms. The van der Waals surface area contributed by atoms with Crippen LogP contribution >= 0.6 is 11.8 Å². The molecule has 0 fully saturated rings. The number of thioether (sulfide) groups is 1. The van der Waals surface area contributed by atoms with Crippen LogP contribution in [0.4, 0.5) is 0 Å². The first kappa shape index (κ1) is 19.6. The first-order valence-electron chi connectivity index (χ1n) is 7.73. The molecule has 0 saturated carbocycles. The average Bonchev–Trinajstić information content (AvgIpc) is 2.56. The van der Waals surface area contributed by atoms with Gasteiger partial charge in [0.05, 0.1) is 10.8 Å². The van der Waals surface area contributed by atoms with E-state index in [1.807, 2.05) is 37.3 Å². The summed E-state index contributed by atoms with van der Waals surface area (Å²) in [5.41, 5.74) is 4.02. The normalized spacial score (nSPS) is 24.6. The van der Waals surface area contributed by atoms with E-state index in [0.29, 0.717) is 12.2 Å². The first-order valence-corrected chi connectivity index (χ1v) is 10.3. The Bertz CT molecular complexity index is 793. The number of nitro groups is 1. The molecular weight excluding hydrogens is 362 g/mol. The predicted molar refractivity (Wildman–Crippen MR) is 98.7 cm³/mol. The van der Waals surface area contributed by atoms with E-state index in [1.165, 1.54) is 30.0 Å². The average molecular weight is 383 g/mol. The molecular formula is C16H21N3O4S2. The third-order valence-electron chi connectivity index (χ3n) is 4.28. The molecule has 0 heterocycles. The summed E-state index contributed by atoms with van der Waals surface area (Å²) in [6.07, 6.45) is 4.36. The lowest BCUT2D eigenvalue weighted by atomic mass is 9.78. The molecule has 9 heteroatoms. The standard InChI is InChI=1S/C16H21N3O4S2/c1-2-12(11-24-13-7-4-3-5-8-13)15-14(25(18,22)23)9-6-10-16(15,17)19(20)21/h3-10,12,15H,2,11,17H2,1H3,(H2,18,22,23). The first-order chi connectivity index (χ1) is 11.7. The van der Waals surface area contributed by atoms with Crippen molar-refractivity contribution in [3.8, 4) is 0 Å². The van der Waals surface area contributed by atoms with Gasteiger partial charge in [-0.2, -0.15) is 0 Å². The number of nitrogens with zero attached hydrogens (tertiary/aromatic N) is 1. The predicted octanol–water partition coefficient (Wildman–Crippen LogP) is 2.09. The van der Waals surface area contributed by atoms with E-state index >= 15 is 0 Å². The molecule has 1 aliphatic carbocycles. The Morgan fingerprint density at radius 2 is 2.00 bits per heavy atom. The molecule has 25 heavy (non-hydrogen) atoms. The van der Waals surface area contributed by atoms with Gasteiger partial charge in [-0.1, -0.05) is 37.6 Å². The Kier molecular flexibility index (Phi) is 6.04. The maximum atomic E-state index is 12.0. The minimum absolute atomic E-state index is 0.185. The van der Waals surface area contributed by atoms with Gasteiger partial charge in [-0.15, -0.1) is 11.8 Å². The number of sulfonamides is 1. The van der Waals surface area contributed by atoms with Gasteiger partial charge in [0.1, 0.15) is 0 Å². The fourth-order valence-corrected chi connectivity index (χ4v) is 5.15. The van der Waals surface area contributed by atoms with E-state index < -0.39 is 26.5 Å². The van der Waals surface area contributed by atoms with Crippen molar-refractivity contribution in [3.63, 3.8) is 0 Å². The van der Waals surface area contributed by atoms with Crippen LogP contribution in [0.5, 0.6) is 0 Å². The zero-order chi connectivity index (χ0) is 18.7. The Morgan fingerprint density at radius 1 is 1.36 bits per heavy atom. The Labute approximate surface area is 151 Å². The molecule has 0 amide bonds. The van der Waals surface area contributed by atoms with Crippen LogP contribution in [0.1, 0.15) is 13.3 Å². The van der Waals surface area contributed by atoms with E-state index in [1.54, 1.807) is 0 Å². The molecule has 0 saturated heterocycles. The summed E-state index contributed by atoms with van der Waals surface area (Å²) in [6, 6.07) is 9.54. The van der Waals surface area contributed by atoms with Crippen LogP contribution in [0, 0.1) is 22.0 Å². The van der Waals surface area contributed by atoms with Gasteiger partial charge in [-0.25, -0.2) is 13.6 Å². The van der Waals surface area contributed by atoms with Crippen molar-refractivity contribution in [2.45, 2.75) is 23.9 Å². The van der Waals surface area contributed by atoms with E-state index in [-0.39, 0.29) is 10.8 Å². The van der Waals surface area contributed by atoms with E-state index in [9.17, 15) is 18.5 Å². The maximum absolute atomic E-state index is 12.0. The molecule has 7 nitrogen and oxygen atoms in total. The smallest absolute Gasteiger partial charge is 0.262 e. The molecule has 1 aliphatic rings. The van der Waals surface area contributed by atoms with Crippen molar-refractivity contribution in [2.24, 2.45) is 22.7 Å². The number of hydrogen-bond donors (Lipinski definition) is 2. The second-order valence-electron chi connectivity index (χ2n) is 5.89. The summed E-state index contributed by atoms with van der Waals surface area (Å²) in [4.78, 5) is 11.8. The van der Waals surface area contributed by atoms with Gasteiger partial charge >= 0.3 is 0 Å². The second kappa shape index (κ2) is 7.69. The molecule has 1 aromatic rings. The Hall–Kier alpha value is -1.68. The van der Waals surface area contributed by atoms with Crippen LogP contribution < -0.4 is 10.9 Å².